The van der Waals surface area contributed by atoms with Gasteiger partial charge in [0.25, 0.3) is 0 Å². The highest BCUT2D eigenvalue weighted by Crippen LogP contribution is 2.39. The van der Waals surface area contributed by atoms with Gasteiger partial charge >= 0.3 is 5.97 Å². The zero-order chi connectivity index (χ0) is 20.3. The zero-order valence-electron chi connectivity index (χ0n) is 16.9. The highest BCUT2D eigenvalue weighted by molar-refractivity contribution is 5.75. The lowest BCUT2D eigenvalue weighted by molar-refractivity contribution is -0.139. The first-order chi connectivity index (χ1) is 13.3. The molecule has 0 spiro atoms. The van der Waals surface area contributed by atoms with Crippen molar-refractivity contribution in [3.8, 4) is 17.6 Å². The Morgan fingerprint density at radius 2 is 2.11 bits per heavy atom. The van der Waals surface area contributed by atoms with Gasteiger partial charge in [-0.15, -0.1) is 0 Å². The van der Waals surface area contributed by atoms with Crippen LogP contribution in [-0.2, 0) is 10.2 Å². The first kappa shape index (κ1) is 19.9. The Balaban J connectivity index is 1.94. The van der Waals surface area contributed by atoms with Gasteiger partial charge in [0.1, 0.15) is 11.7 Å². The zero-order valence-corrected chi connectivity index (χ0v) is 16.9. The van der Waals surface area contributed by atoms with Crippen LogP contribution in [0.4, 0.5) is 0 Å². The second kappa shape index (κ2) is 8.02. The molecule has 1 aromatic carbocycles. The fourth-order valence-corrected chi connectivity index (χ4v) is 3.46. The summed E-state index contributed by atoms with van der Waals surface area (Å²) in [5.41, 5.74) is 4.35. The molecule has 1 N–H and O–H groups in total. The third-order valence-corrected chi connectivity index (χ3v) is 5.29. The van der Waals surface area contributed by atoms with Gasteiger partial charge in [-0.2, -0.15) is 10.2 Å². The number of rotatable bonds is 4. The SMILES string of the molecule is CCCC(C(=O)O)c1cc(C#Cc2cc3c(cc2C)OCCC3(C)C)cnn1. The number of carbonyl (C=O) groups is 1. The van der Waals surface area contributed by atoms with Crippen LogP contribution >= 0.6 is 0 Å². The van der Waals surface area contributed by atoms with E-state index in [2.05, 4.69) is 48.0 Å². The van der Waals surface area contributed by atoms with E-state index in [0.29, 0.717) is 17.7 Å². The number of hydrogen-bond acceptors (Lipinski definition) is 4. The molecule has 1 atom stereocenters. The van der Waals surface area contributed by atoms with Crippen LogP contribution in [0.5, 0.6) is 5.75 Å². The molecule has 1 aromatic heterocycles. The number of ether oxygens (including phenoxy) is 1. The molecule has 0 radical (unpaired) electrons. The van der Waals surface area contributed by atoms with E-state index in [9.17, 15) is 9.90 Å². The van der Waals surface area contributed by atoms with Gasteiger partial charge in [-0.1, -0.05) is 39.0 Å². The van der Waals surface area contributed by atoms with E-state index < -0.39 is 11.9 Å². The average Bonchev–Trinajstić information content (AvgIpc) is 2.64. The van der Waals surface area contributed by atoms with Crippen molar-refractivity contribution in [3.05, 3.63) is 52.3 Å². The monoisotopic (exact) mass is 378 g/mol. The molecule has 0 amide bonds. The average molecular weight is 378 g/mol. The Kier molecular flexibility index (Phi) is 5.69. The number of carboxylic acid groups (broad SMARTS) is 1. The molecular weight excluding hydrogens is 352 g/mol. The maximum atomic E-state index is 11.5. The van der Waals surface area contributed by atoms with Crippen LogP contribution in [0, 0.1) is 18.8 Å². The summed E-state index contributed by atoms with van der Waals surface area (Å²) >= 11 is 0. The fourth-order valence-electron chi connectivity index (χ4n) is 3.46. The summed E-state index contributed by atoms with van der Waals surface area (Å²) in [4.78, 5) is 11.5. The minimum Gasteiger partial charge on any atom is -0.493 e. The Bertz CT molecular complexity index is 954. The van der Waals surface area contributed by atoms with Gasteiger partial charge in [-0.3, -0.25) is 4.79 Å². The van der Waals surface area contributed by atoms with Gasteiger partial charge in [-0.25, -0.2) is 0 Å². The number of hydrogen-bond donors (Lipinski definition) is 1. The number of aromatic nitrogens is 2. The Labute approximate surface area is 166 Å². The van der Waals surface area contributed by atoms with Crippen molar-refractivity contribution in [3.63, 3.8) is 0 Å². The van der Waals surface area contributed by atoms with Crippen molar-refractivity contribution < 1.29 is 14.6 Å². The number of nitrogens with zero attached hydrogens (tertiary/aromatic N) is 2. The summed E-state index contributed by atoms with van der Waals surface area (Å²) in [5, 5.41) is 17.4. The van der Waals surface area contributed by atoms with Crippen LogP contribution in [0.15, 0.2) is 24.4 Å². The topological polar surface area (TPSA) is 72.3 Å². The van der Waals surface area contributed by atoms with Gasteiger partial charge in [0.05, 0.1) is 18.5 Å². The standard InChI is InChI=1S/C23H26N2O3/c1-5-6-18(22(26)27)20-12-16(14-24-25-20)7-8-17-13-19-21(11-15(17)2)28-10-9-23(19,3)4/h11-14,18H,5-6,9-10H2,1-4H3,(H,26,27). The summed E-state index contributed by atoms with van der Waals surface area (Å²) in [7, 11) is 0. The van der Waals surface area contributed by atoms with Crippen LogP contribution < -0.4 is 4.74 Å². The Morgan fingerprint density at radius 1 is 1.32 bits per heavy atom. The van der Waals surface area contributed by atoms with Crippen LogP contribution in [0.25, 0.3) is 0 Å². The number of fused-ring (bicyclic) bond motifs is 1. The van der Waals surface area contributed by atoms with Crippen molar-refractivity contribution >= 4 is 5.97 Å². The number of benzene rings is 1. The molecule has 0 aliphatic carbocycles. The normalized spacial score (nSPS) is 15.6. The largest absolute Gasteiger partial charge is 0.493 e. The molecule has 28 heavy (non-hydrogen) atoms. The molecule has 1 aliphatic rings. The van der Waals surface area contributed by atoms with E-state index in [1.165, 1.54) is 5.56 Å². The molecule has 0 bridgehead atoms. The molecule has 5 heteroatoms. The third kappa shape index (κ3) is 4.17. The Morgan fingerprint density at radius 3 is 2.82 bits per heavy atom. The molecule has 1 unspecified atom stereocenters. The molecule has 0 saturated heterocycles. The number of carboxylic acids is 1. The molecule has 5 nitrogen and oxygen atoms in total. The van der Waals surface area contributed by atoms with E-state index in [0.717, 1.165) is 36.3 Å². The first-order valence-electron chi connectivity index (χ1n) is 9.67. The quantitative estimate of drug-likeness (QED) is 0.807. The van der Waals surface area contributed by atoms with E-state index in [1.54, 1.807) is 12.3 Å². The number of aryl methyl sites for hydroxylation is 1. The predicted molar refractivity (Wildman–Crippen MR) is 108 cm³/mol. The van der Waals surface area contributed by atoms with Gasteiger partial charge in [-0.05, 0) is 48.9 Å². The molecule has 0 fully saturated rings. The van der Waals surface area contributed by atoms with Crippen LogP contribution in [0.3, 0.4) is 0 Å². The minimum atomic E-state index is -0.881. The summed E-state index contributed by atoms with van der Waals surface area (Å²) in [6.07, 6.45) is 3.84. The van der Waals surface area contributed by atoms with Crippen molar-refractivity contribution in [1.82, 2.24) is 10.2 Å². The van der Waals surface area contributed by atoms with Gasteiger partial charge < -0.3 is 9.84 Å². The van der Waals surface area contributed by atoms with Crippen molar-refractivity contribution in [2.24, 2.45) is 0 Å². The van der Waals surface area contributed by atoms with Crippen LogP contribution in [-0.4, -0.2) is 27.9 Å². The summed E-state index contributed by atoms with van der Waals surface area (Å²) in [6, 6.07) is 5.90. The van der Waals surface area contributed by atoms with E-state index in [-0.39, 0.29) is 5.41 Å². The number of aliphatic carboxylic acids is 1. The first-order valence-corrected chi connectivity index (χ1v) is 9.67. The molecule has 2 heterocycles. The molecule has 2 aromatic rings. The van der Waals surface area contributed by atoms with Crippen molar-refractivity contribution in [1.29, 1.82) is 0 Å². The van der Waals surface area contributed by atoms with Crippen molar-refractivity contribution in [2.45, 2.75) is 58.3 Å². The molecular formula is C23H26N2O3. The van der Waals surface area contributed by atoms with Crippen LogP contribution in [0.1, 0.15) is 73.9 Å². The lowest BCUT2D eigenvalue weighted by Crippen LogP contribution is -2.26. The fraction of sp³-hybridized carbons (Fsp3) is 0.435. The molecule has 3 rings (SSSR count). The van der Waals surface area contributed by atoms with E-state index >= 15 is 0 Å². The van der Waals surface area contributed by atoms with Gasteiger partial charge in [0.15, 0.2) is 0 Å². The lowest BCUT2D eigenvalue weighted by atomic mass is 9.78. The maximum absolute atomic E-state index is 11.5. The highest BCUT2D eigenvalue weighted by atomic mass is 16.5. The maximum Gasteiger partial charge on any atom is 0.312 e. The summed E-state index contributed by atoms with van der Waals surface area (Å²) in [5.74, 6) is 5.76. The summed E-state index contributed by atoms with van der Waals surface area (Å²) < 4.78 is 5.82. The predicted octanol–water partition coefficient (Wildman–Crippen LogP) is 4.21. The smallest absolute Gasteiger partial charge is 0.312 e. The third-order valence-electron chi connectivity index (χ3n) is 5.29. The Hall–Kier alpha value is -2.87. The second-order valence-corrected chi connectivity index (χ2v) is 7.94. The molecule has 1 aliphatic heterocycles. The van der Waals surface area contributed by atoms with Gasteiger partial charge in [0, 0.05) is 16.7 Å². The lowest BCUT2D eigenvalue weighted by Gasteiger charge is -2.33. The second-order valence-electron chi connectivity index (χ2n) is 7.94. The van der Waals surface area contributed by atoms with E-state index in [1.807, 2.05) is 13.8 Å². The van der Waals surface area contributed by atoms with Gasteiger partial charge in [0.2, 0.25) is 0 Å². The van der Waals surface area contributed by atoms with E-state index in [4.69, 9.17) is 4.74 Å². The van der Waals surface area contributed by atoms with Crippen LogP contribution in [0.2, 0.25) is 0 Å². The highest BCUT2D eigenvalue weighted by Gasteiger charge is 2.29. The summed E-state index contributed by atoms with van der Waals surface area (Å²) in [6.45, 7) is 9.15. The van der Waals surface area contributed by atoms with Crippen molar-refractivity contribution in [2.75, 3.05) is 6.61 Å². The minimum absolute atomic E-state index is 0.0535. The molecule has 0 saturated carbocycles. The molecule has 146 valence electrons.